The molecule has 0 aliphatic carbocycles. The summed E-state index contributed by atoms with van der Waals surface area (Å²) >= 11 is 1.12. The van der Waals surface area contributed by atoms with E-state index in [1.807, 2.05) is 0 Å². The number of carbonyl (C=O) groups is 1. The molecule has 0 bridgehead atoms. The lowest BCUT2D eigenvalue weighted by molar-refractivity contribution is -0.384. The summed E-state index contributed by atoms with van der Waals surface area (Å²) in [6.45, 7) is 1.69. The first-order valence-electron chi connectivity index (χ1n) is 3.42. The predicted molar refractivity (Wildman–Crippen MR) is 45.6 cm³/mol. The number of ketones is 1. The van der Waals surface area contributed by atoms with Crippen molar-refractivity contribution >= 4 is 22.8 Å². The average molecular weight is 185 g/mol. The number of hydrogen-bond donors (Lipinski definition) is 0. The SMILES string of the molecule is CCC(=O)c1sccc1[N+](=O)[O-]. The molecule has 1 heterocycles. The van der Waals surface area contributed by atoms with E-state index in [0.717, 1.165) is 11.3 Å². The van der Waals surface area contributed by atoms with Gasteiger partial charge in [0, 0.05) is 12.5 Å². The Morgan fingerprint density at radius 2 is 2.42 bits per heavy atom. The van der Waals surface area contributed by atoms with Gasteiger partial charge in [-0.25, -0.2) is 0 Å². The smallest absolute Gasteiger partial charge is 0.290 e. The topological polar surface area (TPSA) is 60.2 Å². The Morgan fingerprint density at radius 1 is 1.75 bits per heavy atom. The lowest BCUT2D eigenvalue weighted by atomic mass is 10.2. The monoisotopic (exact) mass is 185 g/mol. The molecule has 0 saturated heterocycles. The number of thiophene rings is 1. The predicted octanol–water partition coefficient (Wildman–Crippen LogP) is 2.25. The van der Waals surface area contributed by atoms with Crippen molar-refractivity contribution in [1.29, 1.82) is 0 Å². The third-order valence-electron chi connectivity index (χ3n) is 1.42. The Morgan fingerprint density at radius 3 is 2.92 bits per heavy atom. The van der Waals surface area contributed by atoms with Crippen LogP contribution in [-0.4, -0.2) is 10.7 Å². The van der Waals surface area contributed by atoms with Gasteiger partial charge in [-0.3, -0.25) is 14.9 Å². The lowest BCUT2D eigenvalue weighted by Gasteiger charge is -1.91. The second-order valence-corrected chi connectivity index (χ2v) is 3.08. The van der Waals surface area contributed by atoms with Crippen LogP contribution >= 0.6 is 11.3 Å². The normalized spacial score (nSPS) is 9.75. The van der Waals surface area contributed by atoms with E-state index in [-0.39, 0.29) is 16.3 Å². The second-order valence-electron chi connectivity index (χ2n) is 2.17. The summed E-state index contributed by atoms with van der Waals surface area (Å²) in [4.78, 5) is 21.2. The molecule has 0 aliphatic heterocycles. The van der Waals surface area contributed by atoms with Gasteiger partial charge in [0.2, 0.25) is 0 Å². The first kappa shape index (κ1) is 8.86. The minimum Gasteiger partial charge on any atom is -0.293 e. The molecule has 0 saturated carbocycles. The van der Waals surface area contributed by atoms with Crippen LogP contribution in [0.3, 0.4) is 0 Å². The van der Waals surface area contributed by atoms with E-state index in [1.165, 1.54) is 6.07 Å². The molecule has 1 rings (SSSR count). The number of hydrogen-bond acceptors (Lipinski definition) is 4. The fourth-order valence-corrected chi connectivity index (χ4v) is 1.69. The van der Waals surface area contributed by atoms with Crippen LogP contribution in [-0.2, 0) is 0 Å². The van der Waals surface area contributed by atoms with Crippen molar-refractivity contribution in [2.45, 2.75) is 13.3 Å². The summed E-state index contributed by atoms with van der Waals surface area (Å²) in [5.74, 6) is -0.170. The van der Waals surface area contributed by atoms with Gasteiger partial charge in [-0.1, -0.05) is 6.92 Å². The lowest BCUT2D eigenvalue weighted by Crippen LogP contribution is -1.97. The van der Waals surface area contributed by atoms with Crippen molar-refractivity contribution < 1.29 is 9.72 Å². The van der Waals surface area contributed by atoms with Gasteiger partial charge in [-0.2, -0.15) is 0 Å². The zero-order valence-electron chi connectivity index (χ0n) is 6.44. The molecule has 5 heteroatoms. The second kappa shape index (κ2) is 3.44. The van der Waals surface area contributed by atoms with Crippen LogP contribution in [0.5, 0.6) is 0 Å². The van der Waals surface area contributed by atoms with E-state index in [1.54, 1.807) is 12.3 Å². The average Bonchev–Trinajstić information content (AvgIpc) is 2.50. The van der Waals surface area contributed by atoms with Crippen molar-refractivity contribution in [3.05, 3.63) is 26.4 Å². The Balaban J connectivity index is 3.07. The molecule has 1 aromatic heterocycles. The highest BCUT2D eigenvalue weighted by Crippen LogP contribution is 2.25. The van der Waals surface area contributed by atoms with E-state index < -0.39 is 4.92 Å². The number of nitrogens with zero attached hydrogens (tertiary/aromatic N) is 1. The van der Waals surface area contributed by atoms with E-state index in [9.17, 15) is 14.9 Å². The molecular weight excluding hydrogens is 178 g/mol. The van der Waals surface area contributed by atoms with E-state index in [0.29, 0.717) is 6.42 Å². The molecule has 0 spiro atoms. The van der Waals surface area contributed by atoms with E-state index in [2.05, 4.69) is 0 Å². The molecular formula is C7H7NO3S. The fraction of sp³-hybridized carbons (Fsp3) is 0.286. The zero-order valence-corrected chi connectivity index (χ0v) is 7.26. The molecule has 0 radical (unpaired) electrons. The van der Waals surface area contributed by atoms with Gasteiger partial charge in [0.05, 0.1) is 4.92 Å². The van der Waals surface area contributed by atoms with Gasteiger partial charge in [0.25, 0.3) is 5.69 Å². The summed E-state index contributed by atoms with van der Waals surface area (Å²) in [5.41, 5.74) is -0.0770. The number of Topliss-reactive ketones (excluding diaryl/α,β-unsaturated/α-hetero) is 1. The van der Waals surface area contributed by atoms with Crippen LogP contribution in [0.2, 0.25) is 0 Å². The van der Waals surface area contributed by atoms with Gasteiger partial charge in [-0.15, -0.1) is 11.3 Å². The quantitative estimate of drug-likeness (QED) is 0.412. The van der Waals surface area contributed by atoms with Crippen LogP contribution in [0.4, 0.5) is 5.69 Å². The Labute approximate surface area is 73.0 Å². The third kappa shape index (κ3) is 1.50. The van der Waals surface area contributed by atoms with Crippen LogP contribution in [0.1, 0.15) is 23.0 Å². The van der Waals surface area contributed by atoms with Crippen molar-refractivity contribution in [2.75, 3.05) is 0 Å². The van der Waals surface area contributed by atoms with E-state index >= 15 is 0 Å². The molecule has 0 fully saturated rings. The summed E-state index contributed by atoms with van der Waals surface area (Å²) in [6.07, 6.45) is 0.307. The number of nitro groups is 1. The summed E-state index contributed by atoms with van der Waals surface area (Å²) < 4.78 is 0. The van der Waals surface area contributed by atoms with Crippen molar-refractivity contribution in [3.8, 4) is 0 Å². The van der Waals surface area contributed by atoms with Gasteiger partial charge >= 0.3 is 0 Å². The summed E-state index contributed by atoms with van der Waals surface area (Å²) in [6, 6.07) is 1.35. The Bertz CT molecular complexity index is 318. The number of carbonyl (C=O) groups excluding carboxylic acids is 1. The minimum atomic E-state index is -0.528. The molecule has 0 aromatic carbocycles. The molecule has 0 aliphatic rings. The van der Waals surface area contributed by atoms with E-state index in [4.69, 9.17) is 0 Å². The highest BCUT2D eigenvalue weighted by Gasteiger charge is 2.19. The standard InChI is InChI=1S/C7H7NO3S/c1-2-6(9)7-5(8(10)11)3-4-12-7/h3-4H,2H2,1H3. The minimum absolute atomic E-state index is 0.0770. The third-order valence-corrected chi connectivity index (χ3v) is 2.36. The highest BCUT2D eigenvalue weighted by molar-refractivity contribution is 7.12. The highest BCUT2D eigenvalue weighted by atomic mass is 32.1. The Kier molecular flexibility index (Phi) is 2.54. The molecule has 0 N–H and O–H groups in total. The maximum absolute atomic E-state index is 11.1. The summed E-state index contributed by atoms with van der Waals surface area (Å²) in [7, 11) is 0. The van der Waals surface area contributed by atoms with Gasteiger partial charge < -0.3 is 0 Å². The fourth-order valence-electron chi connectivity index (χ4n) is 0.815. The molecule has 0 unspecified atom stereocenters. The van der Waals surface area contributed by atoms with Crippen LogP contribution in [0.25, 0.3) is 0 Å². The molecule has 12 heavy (non-hydrogen) atoms. The first-order valence-corrected chi connectivity index (χ1v) is 4.30. The van der Waals surface area contributed by atoms with Crippen LogP contribution < -0.4 is 0 Å². The van der Waals surface area contributed by atoms with Gasteiger partial charge in [-0.05, 0) is 5.38 Å². The molecule has 64 valence electrons. The van der Waals surface area contributed by atoms with Crippen molar-refractivity contribution in [3.63, 3.8) is 0 Å². The van der Waals surface area contributed by atoms with Gasteiger partial charge in [0.15, 0.2) is 5.78 Å². The summed E-state index contributed by atoms with van der Waals surface area (Å²) in [5, 5.41) is 11.9. The number of rotatable bonds is 3. The van der Waals surface area contributed by atoms with Crippen LogP contribution in [0.15, 0.2) is 11.4 Å². The largest absolute Gasteiger partial charge is 0.293 e. The molecule has 4 nitrogen and oxygen atoms in total. The van der Waals surface area contributed by atoms with Crippen molar-refractivity contribution in [2.24, 2.45) is 0 Å². The maximum atomic E-state index is 11.1. The first-order chi connectivity index (χ1) is 5.66. The Hall–Kier alpha value is -1.23. The molecule has 1 aromatic rings. The maximum Gasteiger partial charge on any atom is 0.290 e. The molecule has 0 amide bonds. The molecule has 0 atom stereocenters. The zero-order chi connectivity index (χ0) is 9.14. The van der Waals surface area contributed by atoms with Crippen LogP contribution in [0, 0.1) is 10.1 Å². The van der Waals surface area contributed by atoms with Crippen molar-refractivity contribution in [1.82, 2.24) is 0 Å². The van der Waals surface area contributed by atoms with Gasteiger partial charge in [0.1, 0.15) is 4.88 Å².